The van der Waals surface area contributed by atoms with E-state index in [1.165, 1.54) is 0 Å². The van der Waals surface area contributed by atoms with Crippen molar-refractivity contribution in [1.29, 1.82) is 0 Å². The molecule has 0 radical (unpaired) electrons. The third-order valence-electron chi connectivity index (χ3n) is 2.18. The van der Waals surface area contributed by atoms with Crippen LogP contribution in [0.1, 0.15) is 5.56 Å². The van der Waals surface area contributed by atoms with E-state index >= 15 is 0 Å². The molecule has 0 bridgehead atoms. The topological polar surface area (TPSA) is 73.4 Å². The zero-order valence-electron chi connectivity index (χ0n) is 9.21. The number of anilines is 1. The van der Waals surface area contributed by atoms with Gasteiger partial charge >= 0.3 is 0 Å². The zero-order chi connectivity index (χ0) is 12.1. The van der Waals surface area contributed by atoms with Crippen molar-refractivity contribution in [1.82, 2.24) is 9.97 Å². The predicted molar refractivity (Wildman–Crippen MR) is 66.2 cm³/mol. The molecular weight excluding hydrogens is 216 g/mol. The molecule has 0 atom stereocenters. The van der Waals surface area contributed by atoms with Crippen LogP contribution in [0.4, 0.5) is 5.82 Å². The first-order valence-electron chi connectivity index (χ1n) is 5.05. The van der Waals surface area contributed by atoms with Crippen molar-refractivity contribution in [2.24, 2.45) is 5.16 Å². The Morgan fingerprint density at radius 3 is 2.76 bits per heavy atom. The van der Waals surface area contributed by atoms with Gasteiger partial charge in [0.25, 0.3) is 0 Å². The van der Waals surface area contributed by atoms with Crippen LogP contribution in [0.25, 0.3) is 11.4 Å². The summed E-state index contributed by atoms with van der Waals surface area (Å²) in [6.45, 7) is 3.60. The predicted octanol–water partition coefficient (Wildman–Crippen LogP) is 1.86. The van der Waals surface area contributed by atoms with Crippen LogP contribution in [-0.2, 0) is 11.4 Å². The third-order valence-corrected chi connectivity index (χ3v) is 2.18. The second-order valence-corrected chi connectivity index (χ2v) is 3.40. The van der Waals surface area contributed by atoms with Crippen LogP contribution in [0, 0.1) is 0 Å². The highest BCUT2D eigenvalue weighted by Crippen LogP contribution is 2.15. The van der Waals surface area contributed by atoms with Gasteiger partial charge in [0.2, 0.25) is 0 Å². The van der Waals surface area contributed by atoms with E-state index in [0.29, 0.717) is 12.4 Å². The minimum Gasteiger partial charge on any atom is -0.391 e. The summed E-state index contributed by atoms with van der Waals surface area (Å²) in [5, 5.41) is 3.32. The summed E-state index contributed by atoms with van der Waals surface area (Å²) in [6, 6.07) is 9.21. The Morgan fingerprint density at radius 2 is 2.12 bits per heavy atom. The van der Waals surface area contributed by atoms with Crippen molar-refractivity contribution in [3.63, 3.8) is 0 Å². The minimum absolute atomic E-state index is 0.362. The standard InChI is InChI=1S/C12H12N4O/c1-14-17-8-9-5-6-10(15-7-9)11-3-2-4-12(13)16-11/h2-7H,1,8H2,(H2,13,16). The van der Waals surface area contributed by atoms with Crippen molar-refractivity contribution < 1.29 is 4.84 Å². The highest BCUT2D eigenvalue weighted by Gasteiger charge is 2.01. The van der Waals surface area contributed by atoms with Gasteiger partial charge in [0.15, 0.2) is 0 Å². The fraction of sp³-hybridized carbons (Fsp3) is 0.0833. The summed E-state index contributed by atoms with van der Waals surface area (Å²) < 4.78 is 0. The molecule has 0 amide bonds. The fourth-order valence-electron chi connectivity index (χ4n) is 1.38. The van der Waals surface area contributed by atoms with Crippen molar-refractivity contribution >= 4 is 12.5 Å². The van der Waals surface area contributed by atoms with E-state index in [4.69, 9.17) is 10.6 Å². The number of pyridine rings is 2. The molecule has 5 nitrogen and oxygen atoms in total. The quantitative estimate of drug-likeness (QED) is 0.640. The molecule has 86 valence electrons. The highest BCUT2D eigenvalue weighted by molar-refractivity contribution is 5.56. The Kier molecular flexibility index (Phi) is 3.30. The monoisotopic (exact) mass is 228 g/mol. The summed E-state index contributed by atoms with van der Waals surface area (Å²) >= 11 is 0. The van der Waals surface area contributed by atoms with Crippen LogP contribution in [0.5, 0.6) is 0 Å². The molecule has 2 heterocycles. The van der Waals surface area contributed by atoms with Crippen molar-refractivity contribution in [2.45, 2.75) is 6.61 Å². The molecule has 0 saturated carbocycles. The highest BCUT2D eigenvalue weighted by atomic mass is 16.6. The van der Waals surface area contributed by atoms with Crippen LogP contribution in [0.15, 0.2) is 41.7 Å². The van der Waals surface area contributed by atoms with Crippen molar-refractivity contribution in [3.05, 3.63) is 42.1 Å². The van der Waals surface area contributed by atoms with Crippen LogP contribution in [-0.4, -0.2) is 16.7 Å². The van der Waals surface area contributed by atoms with E-state index in [1.54, 1.807) is 12.3 Å². The number of hydrogen-bond donors (Lipinski definition) is 1. The second-order valence-electron chi connectivity index (χ2n) is 3.40. The zero-order valence-corrected chi connectivity index (χ0v) is 9.21. The molecule has 2 N–H and O–H groups in total. The average Bonchev–Trinajstić information content (AvgIpc) is 2.37. The van der Waals surface area contributed by atoms with E-state index in [-0.39, 0.29) is 0 Å². The smallest absolute Gasteiger partial charge is 0.143 e. The van der Waals surface area contributed by atoms with Crippen LogP contribution >= 0.6 is 0 Å². The first-order chi connectivity index (χ1) is 8.29. The minimum atomic E-state index is 0.362. The lowest BCUT2D eigenvalue weighted by Crippen LogP contribution is -1.94. The van der Waals surface area contributed by atoms with Crippen molar-refractivity contribution in [2.75, 3.05) is 5.73 Å². The number of nitrogen functional groups attached to an aromatic ring is 1. The molecule has 0 aromatic carbocycles. The Labute approximate surface area is 99.0 Å². The summed E-state index contributed by atoms with van der Waals surface area (Å²) in [6.07, 6.45) is 1.71. The van der Waals surface area contributed by atoms with E-state index in [1.807, 2.05) is 24.3 Å². The normalized spacial score (nSPS) is 9.88. The van der Waals surface area contributed by atoms with Gasteiger partial charge in [0, 0.05) is 18.5 Å². The molecule has 5 heteroatoms. The average molecular weight is 228 g/mol. The largest absolute Gasteiger partial charge is 0.391 e. The summed E-state index contributed by atoms with van der Waals surface area (Å²) in [5.41, 5.74) is 8.05. The van der Waals surface area contributed by atoms with E-state index in [2.05, 4.69) is 21.8 Å². The van der Waals surface area contributed by atoms with E-state index in [0.717, 1.165) is 17.0 Å². The fourth-order valence-corrected chi connectivity index (χ4v) is 1.38. The molecule has 2 aromatic heterocycles. The molecule has 0 unspecified atom stereocenters. The van der Waals surface area contributed by atoms with Crippen molar-refractivity contribution in [3.8, 4) is 11.4 Å². The lowest BCUT2D eigenvalue weighted by Gasteiger charge is -2.03. The Morgan fingerprint density at radius 1 is 1.24 bits per heavy atom. The number of nitrogens with two attached hydrogens (primary N) is 1. The second kappa shape index (κ2) is 5.07. The maximum atomic E-state index is 5.61. The maximum absolute atomic E-state index is 5.61. The molecule has 2 rings (SSSR count). The van der Waals surface area contributed by atoms with E-state index < -0.39 is 0 Å². The van der Waals surface area contributed by atoms with Gasteiger partial charge in [0.1, 0.15) is 12.4 Å². The number of aromatic nitrogens is 2. The number of oxime groups is 1. The molecule has 0 aliphatic rings. The SMILES string of the molecule is C=NOCc1ccc(-c2cccc(N)n2)nc1. The third kappa shape index (κ3) is 2.78. The maximum Gasteiger partial charge on any atom is 0.143 e. The van der Waals surface area contributed by atoms with Gasteiger partial charge in [0.05, 0.1) is 11.4 Å². The van der Waals surface area contributed by atoms with Gasteiger partial charge in [-0.3, -0.25) is 4.98 Å². The van der Waals surface area contributed by atoms with Crippen LogP contribution in [0.3, 0.4) is 0 Å². The van der Waals surface area contributed by atoms with Crippen LogP contribution < -0.4 is 5.73 Å². The lowest BCUT2D eigenvalue weighted by atomic mass is 10.2. The summed E-state index contributed by atoms with van der Waals surface area (Å²) in [4.78, 5) is 13.3. The molecule has 0 spiro atoms. The van der Waals surface area contributed by atoms with Gasteiger partial charge in [-0.2, -0.15) is 0 Å². The summed E-state index contributed by atoms with van der Waals surface area (Å²) in [5.74, 6) is 0.479. The number of nitrogens with zero attached hydrogens (tertiary/aromatic N) is 3. The number of rotatable bonds is 4. The van der Waals surface area contributed by atoms with Gasteiger partial charge in [-0.1, -0.05) is 12.1 Å². The molecule has 0 aliphatic carbocycles. The molecule has 17 heavy (non-hydrogen) atoms. The van der Waals surface area contributed by atoms with Crippen LogP contribution in [0.2, 0.25) is 0 Å². The molecule has 0 aliphatic heterocycles. The number of hydrogen-bond acceptors (Lipinski definition) is 5. The first kappa shape index (κ1) is 11.1. The van der Waals surface area contributed by atoms with Gasteiger partial charge in [-0.15, -0.1) is 5.16 Å². The summed E-state index contributed by atoms with van der Waals surface area (Å²) in [7, 11) is 0. The molecule has 0 fully saturated rings. The van der Waals surface area contributed by atoms with E-state index in [9.17, 15) is 0 Å². The molecule has 2 aromatic rings. The lowest BCUT2D eigenvalue weighted by molar-refractivity contribution is 0.133. The molecule has 0 saturated heterocycles. The van der Waals surface area contributed by atoms with Gasteiger partial charge < -0.3 is 10.6 Å². The Balaban J connectivity index is 2.20. The molecular formula is C12H12N4O. The Bertz CT molecular complexity index is 510. The first-order valence-corrected chi connectivity index (χ1v) is 5.05. The van der Waals surface area contributed by atoms with Gasteiger partial charge in [-0.25, -0.2) is 4.98 Å². The Hall–Kier alpha value is -2.43. The van der Waals surface area contributed by atoms with Gasteiger partial charge in [-0.05, 0) is 18.2 Å².